The summed E-state index contributed by atoms with van der Waals surface area (Å²) in [5, 5.41) is 0. The summed E-state index contributed by atoms with van der Waals surface area (Å²) >= 11 is 0. The van der Waals surface area contributed by atoms with Crippen LogP contribution in [0.1, 0.15) is 28.3 Å². The van der Waals surface area contributed by atoms with Crippen molar-refractivity contribution in [2.24, 2.45) is 5.73 Å². The Morgan fingerprint density at radius 3 is 2.33 bits per heavy atom. The smallest absolute Gasteiger partial charge is 0.162 e. The Morgan fingerprint density at radius 2 is 1.76 bits per heavy atom. The quantitative estimate of drug-likeness (QED) is 0.929. The molecule has 112 valence electrons. The SMILES string of the molecule is COc1c(C)cc(C(N)Cc2cccc(F)c2F)cc1C. The molecular weight excluding hydrogens is 272 g/mol. The second-order valence-electron chi connectivity index (χ2n) is 5.21. The van der Waals surface area contributed by atoms with Gasteiger partial charge in [0.25, 0.3) is 0 Å². The highest BCUT2D eigenvalue weighted by Crippen LogP contribution is 2.28. The first kappa shape index (κ1) is 15.4. The van der Waals surface area contributed by atoms with E-state index in [2.05, 4.69) is 0 Å². The number of methoxy groups -OCH3 is 1. The monoisotopic (exact) mass is 291 g/mol. The van der Waals surface area contributed by atoms with E-state index in [0.29, 0.717) is 0 Å². The maximum Gasteiger partial charge on any atom is 0.162 e. The van der Waals surface area contributed by atoms with Gasteiger partial charge in [-0.15, -0.1) is 0 Å². The number of nitrogens with two attached hydrogens (primary N) is 1. The molecule has 0 heterocycles. The topological polar surface area (TPSA) is 35.2 Å². The van der Waals surface area contributed by atoms with Gasteiger partial charge in [0, 0.05) is 6.04 Å². The molecule has 0 spiro atoms. The van der Waals surface area contributed by atoms with Gasteiger partial charge in [0.15, 0.2) is 11.6 Å². The van der Waals surface area contributed by atoms with Gasteiger partial charge in [0.2, 0.25) is 0 Å². The summed E-state index contributed by atoms with van der Waals surface area (Å²) in [5.41, 5.74) is 9.26. The van der Waals surface area contributed by atoms with Crippen molar-refractivity contribution in [1.82, 2.24) is 0 Å². The van der Waals surface area contributed by atoms with E-state index in [1.54, 1.807) is 13.2 Å². The van der Waals surface area contributed by atoms with Crippen LogP contribution in [0.25, 0.3) is 0 Å². The number of ether oxygens (including phenoxy) is 1. The maximum absolute atomic E-state index is 13.7. The Balaban J connectivity index is 2.28. The van der Waals surface area contributed by atoms with E-state index in [-0.39, 0.29) is 12.0 Å². The fourth-order valence-corrected chi connectivity index (χ4v) is 2.58. The van der Waals surface area contributed by atoms with Gasteiger partial charge in [-0.05, 0) is 48.6 Å². The van der Waals surface area contributed by atoms with Crippen molar-refractivity contribution in [2.75, 3.05) is 7.11 Å². The van der Waals surface area contributed by atoms with Crippen molar-refractivity contribution in [2.45, 2.75) is 26.3 Å². The van der Waals surface area contributed by atoms with Crippen molar-refractivity contribution in [3.8, 4) is 5.75 Å². The Kier molecular flexibility index (Phi) is 4.58. The molecule has 0 aliphatic heterocycles. The molecule has 0 aliphatic carbocycles. The molecule has 0 saturated carbocycles. The summed E-state index contributed by atoms with van der Waals surface area (Å²) in [4.78, 5) is 0. The first-order valence-corrected chi connectivity index (χ1v) is 6.77. The maximum atomic E-state index is 13.7. The Hall–Kier alpha value is -1.94. The average Bonchev–Trinajstić information content (AvgIpc) is 2.43. The molecule has 0 fully saturated rings. The van der Waals surface area contributed by atoms with Gasteiger partial charge < -0.3 is 10.5 Å². The van der Waals surface area contributed by atoms with Gasteiger partial charge in [-0.3, -0.25) is 0 Å². The molecule has 1 atom stereocenters. The first-order valence-electron chi connectivity index (χ1n) is 6.77. The lowest BCUT2D eigenvalue weighted by molar-refractivity contribution is 0.408. The van der Waals surface area contributed by atoms with Crippen molar-refractivity contribution < 1.29 is 13.5 Å². The third-order valence-corrected chi connectivity index (χ3v) is 3.59. The normalized spacial score (nSPS) is 12.3. The molecule has 2 rings (SSSR count). The summed E-state index contributed by atoms with van der Waals surface area (Å²) < 4.78 is 32.2. The number of aryl methyl sites for hydroxylation is 2. The van der Waals surface area contributed by atoms with Crippen molar-refractivity contribution >= 4 is 0 Å². The largest absolute Gasteiger partial charge is 0.496 e. The molecule has 0 radical (unpaired) electrons. The molecule has 0 bridgehead atoms. The molecule has 21 heavy (non-hydrogen) atoms. The van der Waals surface area contributed by atoms with E-state index in [4.69, 9.17) is 10.5 Å². The number of halogens is 2. The van der Waals surface area contributed by atoms with Gasteiger partial charge in [0.05, 0.1) is 7.11 Å². The summed E-state index contributed by atoms with van der Waals surface area (Å²) in [7, 11) is 1.62. The van der Waals surface area contributed by atoms with E-state index < -0.39 is 17.7 Å². The predicted molar refractivity (Wildman–Crippen MR) is 79.5 cm³/mol. The van der Waals surface area contributed by atoms with Crippen LogP contribution in [0.4, 0.5) is 8.78 Å². The van der Waals surface area contributed by atoms with Crippen LogP contribution >= 0.6 is 0 Å². The van der Waals surface area contributed by atoms with E-state index in [1.165, 1.54) is 6.07 Å². The minimum absolute atomic E-state index is 0.245. The minimum atomic E-state index is -0.846. The molecule has 2 aromatic rings. The molecule has 2 nitrogen and oxygen atoms in total. The molecular formula is C17H19F2NO. The second kappa shape index (κ2) is 6.22. The van der Waals surface area contributed by atoms with Gasteiger partial charge in [0.1, 0.15) is 5.75 Å². The third kappa shape index (κ3) is 3.22. The van der Waals surface area contributed by atoms with Gasteiger partial charge in [-0.1, -0.05) is 24.3 Å². The van der Waals surface area contributed by atoms with Gasteiger partial charge in [-0.25, -0.2) is 8.78 Å². The molecule has 0 aromatic heterocycles. The first-order chi connectivity index (χ1) is 9.93. The molecule has 2 aromatic carbocycles. The highest BCUT2D eigenvalue weighted by atomic mass is 19.2. The minimum Gasteiger partial charge on any atom is -0.496 e. The van der Waals surface area contributed by atoms with Crippen molar-refractivity contribution in [1.29, 1.82) is 0 Å². The van der Waals surface area contributed by atoms with E-state index in [0.717, 1.165) is 28.5 Å². The second-order valence-corrected chi connectivity index (χ2v) is 5.21. The lowest BCUT2D eigenvalue weighted by atomic mass is 9.95. The summed E-state index contributed by atoms with van der Waals surface area (Å²) in [6.45, 7) is 3.87. The van der Waals surface area contributed by atoms with E-state index in [9.17, 15) is 8.78 Å². The van der Waals surface area contributed by atoms with Crippen LogP contribution in [0.3, 0.4) is 0 Å². The standard InChI is InChI=1S/C17H19F2NO/c1-10-7-13(8-11(2)17(10)21-3)15(20)9-12-5-4-6-14(18)16(12)19/h4-8,15H,9,20H2,1-3H3. The number of benzene rings is 2. The van der Waals surface area contributed by atoms with Crippen LogP contribution in [0, 0.1) is 25.5 Å². The zero-order valence-electron chi connectivity index (χ0n) is 12.4. The number of rotatable bonds is 4. The summed E-state index contributed by atoms with van der Waals surface area (Å²) in [6, 6.07) is 7.60. The van der Waals surface area contributed by atoms with Crippen LogP contribution in [-0.4, -0.2) is 7.11 Å². The fraction of sp³-hybridized carbons (Fsp3) is 0.294. The lowest BCUT2D eigenvalue weighted by Crippen LogP contribution is -2.15. The number of hydrogen-bond acceptors (Lipinski definition) is 2. The zero-order valence-corrected chi connectivity index (χ0v) is 12.4. The highest BCUT2D eigenvalue weighted by Gasteiger charge is 2.15. The van der Waals surface area contributed by atoms with Crippen LogP contribution in [0.2, 0.25) is 0 Å². The molecule has 0 amide bonds. The molecule has 0 aliphatic rings. The Labute approximate surface area is 123 Å². The average molecular weight is 291 g/mol. The van der Waals surface area contributed by atoms with Crippen molar-refractivity contribution in [3.63, 3.8) is 0 Å². The predicted octanol–water partition coefficient (Wildman–Crippen LogP) is 3.83. The Morgan fingerprint density at radius 1 is 1.14 bits per heavy atom. The lowest BCUT2D eigenvalue weighted by Gasteiger charge is -2.17. The highest BCUT2D eigenvalue weighted by molar-refractivity contribution is 5.44. The van der Waals surface area contributed by atoms with Crippen LogP contribution < -0.4 is 10.5 Å². The number of hydrogen-bond donors (Lipinski definition) is 1. The van der Waals surface area contributed by atoms with Crippen LogP contribution in [0.5, 0.6) is 5.75 Å². The zero-order chi connectivity index (χ0) is 15.6. The molecule has 1 unspecified atom stereocenters. The molecule has 4 heteroatoms. The summed E-state index contributed by atoms with van der Waals surface area (Å²) in [6.07, 6.45) is 0.245. The van der Waals surface area contributed by atoms with Gasteiger partial charge in [-0.2, -0.15) is 0 Å². The van der Waals surface area contributed by atoms with Crippen molar-refractivity contribution in [3.05, 3.63) is 64.2 Å². The van der Waals surface area contributed by atoms with Crippen LogP contribution in [0.15, 0.2) is 30.3 Å². The summed E-state index contributed by atoms with van der Waals surface area (Å²) in [5.74, 6) is -0.848. The molecule has 2 N–H and O–H groups in total. The van der Waals surface area contributed by atoms with Gasteiger partial charge >= 0.3 is 0 Å². The third-order valence-electron chi connectivity index (χ3n) is 3.59. The fourth-order valence-electron chi connectivity index (χ4n) is 2.58. The van der Waals surface area contributed by atoms with E-state index in [1.807, 2.05) is 26.0 Å². The molecule has 0 saturated heterocycles. The van der Waals surface area contributed by atoms with Crippen LogP contribution in [-0.2, 0) is 6.42 Å². The Bertz CT molecular complexity index is 632. The van der Waals surface area contributed by atoms with E-state index >= 15 is 0 Å².